The van der Waals surface area contributed by atoms with Gasteiger partial charge in [-0.15, -0.1) is 0 Å². The van der Waals surface area contributed by atoms with E-state index in [0.717, 1.165) is 6.04 Å². The van der Waals surface area contributed by atoms with Crippen molar-refractivity contribution in [2.45, 2.75) is 32.7 Å². The molecule has 0 N–H and O–H groups in total. The van der Waals surface area contributed by atoms with Crippen LogP contribution in [0.4, 0.5) is 0 Å². The largest absolute Gasteiger partial charge is 0.300 e. The number of rotatable bonds is 1. The van der Waals surface area contributed by atoms with E-state index in [2.05, 4.69) is 45.4 Å². The van der Waals surface area contributed by atoms with Gasteiger partial charge in [0.05, 0.1) is 0 Å². The number of halogens is 1. The van der Waals surface area contributed by atoms with Crippen LogP contribution in [0.1, 0.15) is 26.7 Å². The van der Waals surface area contributed by atoms with Crippen molar-refractivity contribution in [3.8, 4) is 0 Å². The van der Waals surface area contributed by atoms with Gasteiger partial charge in [0.1, 0.15) is 0 Å². The molecule has 1 nitrogen and oxygen atoms in total. The fourth-order valence-electron chi connectivity index (χ4n) is 1.44. The molecule has 0 aromatic carbocycles. The first-order valence-electron chi connectivity index (χ1n) is 4.26. The zero-order valence-corrected chi connectivity index (χ0v) is 9.47. The highest BCUT2D eigenvalue weighted by Gasteiger charge is 2.14. The van der Waals surface area contributed by atoms with Gasteiger partial charge in [0, 0.05) is 19.1 Å². The average Bonchev–Trinajstić information content (AvgIpc) is 2.05. The van der Waals surface area contributed by atoms with Crippen molar-refractivity contribution < 1.29 is 0 Å². The van der Waals surface area contributed by atoms with Gasteiger partial charge < -0.3 is 4.90 Å². The topological polar surface area (TPSA) is 3.24 Å². The minimum Gasteiger partial charge on any atom is -0.300 e. The molecule has 0 amide bonds. The molecule has 1 aliphatic rings. The Kier molecular flexibility index (Phi) is 3.85. The third-order valence-corrected chi connectivity index (χ3v) is 3.21. The van der Waals surface area contributed by atoms with Gasteiger partial charge in [-0.1, -0.05) is 28.2 Å². The third kappa shape index (κ3) is 2.75. The summed E-state index contributed by atoms with van der Waals surface area (Å²) in [7, 11) is 0. The van der Waals surface area contributed by atoms with Gasteiger partial charge in [-0.2, -0.15) is 0 Å². The lowest BCUT2D eigenvalue weighted by Crippen LogP contribution is -2.36. The highest BCUT2D eigenvalue weighted by Crippen LogP contribution is 2.18. The fourth-order valence-corrected chi connectivity index (χ4v) is 2.06. The van der Waals surface area contributed by atoms with Crippen LogP contribution in [0, 0.1) is 0 Å². The van der Waals surface area contributed by atoms with Crippen LogP contribution in [0.5, 0.6) is 0 Å². The highest BCUT2D eigenvalue weighted by atomic mass is 127. The van der Waals surface area contributed by atoms with Crippen molar-refractivity contribution >= 4 is 22.6 Å². The summed E-state index contributed by atoms with van der Waals surface area (Å²) < 4.78 is 2.25. The van der Waals surface area contributed by atoms with Gasteiger partial charge in [0.15, 0.2) is 0 Å². The molecular formula is C9H16IN. The Bertz CT molecular complexity index is 142. The molecule has 1 saturated heterocycles. The maximum Gasteiger partial charge on any atom is 0.00388 e. The average molecular weight is 265 g/mol. The van der Waals surface area contributed by atoms with Crippen molar-refractivity contribution in [2.75, 3.05) is 13.1 Å². The van der Waals surface area contributed by atoms with Crippen LogP contribution in [-0.2, 0) is 0 Å². The van der Waals surface area contributed by atoms with E-state index in [4.69, 9.17) is 0 Å². The fraction of sp³-hybridized carbons (Fsp3) is 0.778. The molecule has 1 heterocycles. The van der Waals surface area contributed by atoms with E-state index in [9.17, 15) is 0 Å². The van der Waals surface area contributed by atoms with Crippen LogP contribution in [0.3, 0.4) is 0 Å². The van der Waals surface area contributed by atoms with Crippen molar-refractivity contribution in [1.29, 1.82) is 0 Å². The first-order chi connectivity index (χ1) is 5.24. The summed E-state index contributed by atoms with van der Waals surface area (Å²) in [5, 5.41) is 0. The lowest BCUT2D eigenvalue weighted by Gasteiger charge is -2.31. The number of likely N-dealkylation sites (tertiary alicyclic amines) is 1. The summed E-state index contributed by atoms with van der Waals surface area (Å²) in [5.74, 6) is 0. The summed E-state index contributed by atoms with van der Waals surface area (Å²) in [6.45, 7) is 7.07. The van der Waals surface area contributed by atoms with Crippen LogP contribution in [0.25, 0.3) is 0 Å². The van der Waals surface area contributed by atoms with E-state index >= 15 is 0 Å². The van der Waals surface area contributed by atoms with Gasteiger partial charge in [-0.3, -0.25) is 0 Å². The molecule has 0 unspecified atom stereocenters. The van der Waals surface area contributed by atoms with Crippen LogP contribution in [-0.4, -0.2) is 24.0 Å². The van der Waals surface area contributed by atoms with E-state index in [1.807, 2.05) is 0 Å². The first kappa shape index (κ1) is 9.52. The molecule has 0 radical (unpaired) electrons. The molecule has 1 fully saturated rings. The Hall–Kier alpha value is 0.430. The maximum atomic E-state index is 2.55. The smallest absolute Gasteiger partial charge is 0.00388 e. The third-order valence-electron chi connectivity index (χ3n) is 2.32. The first-order valence-corrected chi connectivity index (χ1v) is 5.50. The van der Waals surface area contributed by atoms with E-state index in [1.165, 1.54) is 25.9 Å². The predicted octanol–water partition coefficient (Wildman–Crippen LogP) is 2.81. The van der Waals surface area contributed by atoms with Crippen LogP contribution < -0.4 is 0 Å². The minimum atomic E-state index is 0.728. The van der Waals surface area contributed by atoms with Crippen LogP contribution >= 0.6 is 22.6 Å². The summed E-state index contributed by atoms with van der Waals surface area (Å²) in [6, 6.07) is 0.728. The second-order valence-electron chi connectivity index (χ2n) is 3.40. The van der Waals surface area contributed by atoms with Gasteiger partial charge in [0.2, 0.25) is 0 Å². The molecule has 1 rings (SSSR count). The summed E-state index contributed by atoms with van der Waals surface area (Å²) in [6.07, 6.45) is 2.56. The second-order valence-corrected chi connectivity index (χ2v) is 4.02. The maximum absolute atomic E-state index is 2.55. The Morgan fingerprint density at radius 2 is 1.91 bits per heavy atom. The molecule has 0 aliphatic carbocycles. The quantitative estimate of drug-likeness (QED) is 0.659. The minimum absolute atomic E-state index is 0.728. The predicted molar refractivity (Wildman–Crippen MR) is 58.0 cm³/mol. The zero-order chi connectivity index (χ0) is 8.27. The van der Waals surface area contributed by atoms with Crippen LogP contribution in [0.2, 0.25) is 0 Å². The monoisotopic (exact) mass is 265 g/mol. The van der Waals surface area contributed by atoms with E-state index in [-0.39, 0.29) is 0 Å². The van der Waals surface area contributed by atoms with Gasteiger partial charge in [0.25, 0.3) is 0 Å². The number of piperidine rings is 1. The number of nitrogens with zero attached hydrogens (tertiary/aromatic N) is 1. The molecule has 2 heteroatoms. The highest BCUT2D eigenvalue weighted by molar-refractivity contribution is 14.1. The Balaban J connectivity index is 2.36. The SMILES string of the molecule is CC(C)N1CCC(=CI)CC1. The molecule has 64 valence electrons. The summed E-state index contributed by atoms with van der Waals surface area (Å²) in [5.41, 5.74) is 1.63. The normalized spacial score (nSPS) is 20.9. The van der Waals surface area contributed by atoms with E-state index in [0.29, 0.717) is 0 Å². The molecule has 0 aromatic heterocycles. The van der Waals surface area contributed by atoms with Gasteiger partial charge in [-0.25, -0.2) is 0 Å². The van der Waals surface area contributed by atoms with Crippen LogP contribution in [0.15, 0.2) is 9.66 Å². The lowest BCUT2D eigenvalue weighted by molar-refractivity contribution is 0.207. The molecule has 11 heavy (non-hydrogen) atoms. The van der Waals surface area contributed by atoms with Gasteiger partial charge >= 0.3 is 0 Å². The Morgan fingerprint density at radius 3 is 2.27 bits per heavy atom. The molecule has 0 aromatic rings. The van der Waals surface area contributed by atoms with E-state index < -0.39 is 0 Å². The number of hydrogen-bond donors (Lipinski definition) is 0. The molecule has 0 bridgehead atoms. The lowest BCUT2D eigenvalue weighted by atomic mass is 10.1. The summed E-state index contributed by atoms with van der Waals surface area (Å²) >= 11 is 2.35. The molecule has 1 aliphatic heterocycles. The van der Waals surface area contributed by atoms with Gasteiger partial charge in [-0.05, 0) is 30.8 Å². The summed E-state index contributed by atoms with van der Waals surface area (Å²) in [4.78, 5) is 2.55. The molecule has 0 spiro atoms. The second kappa shape index (κ2) is 4.45. The van der Waals surface area contributed by atoms with Crippen molar-refractivity contribution in [3.05, 3.63) is 9.66 Å². The van der Waals surface area contributed by atoms with E-state index in [1.54, 1.807) is 5.57 Å². The van der Waals surface area contributed by atoms with Crippen molar-refractivity contribution in [2.24, 2.45) is 0 Å². The molecular weight excluding hydrogens is 249 g/mol. The Morgan fingerprint density at radius 1 is 1.36 bits per heavy atom. The Labute approximate surface area is 83.0 Å². The van der Waals surface area contributed by atoms with Crippen molar-refractivity contribution in [3.63, 3.8) is 0 Å². The van der Waals surface area contributed by atoms with Crippen molar-refractivity contribution in [1.82, 2.24) is 4.90 Å². The molecule has 0 saturated carbocycles. The number of hydrogen-bond acceptors (Lipinski definition) is 1. The molecule has 0 atom stereocenters. The standard InChI is InChI=1S/C9H16IN/c1-8(2)11-5-3-9(7-10)4-6-11/h7-8H,3-6H2,1-2H3. The zero-order valence-electron chi connectivity index (χ0n) is 7.31.